The number of thiazole rings is 1. The third-order valence-electron chi connectivity index (χ3n) is 4.39. The van der Waals surface area contributed by atoms with Crippen LogP contribution in [0, 0.1) is 30.9 Å². The number of benzene rings is 2. The molecule has 134 valence electrons. The molecule has 0 atom stereocenters. The third kappa shape index (κ3) is 3.43. The molecule has 6 nitrogen and oxygen atoms in total. The molecule has 0 saturated heterocycles. The van der Waals surface area contributed by atoms with Gasteiger partial charge in [-0.3, -0.25) is 14.9 Å². The van der Waals surface area contributed by atoms with Crippen LogP contribution in [0.15, 0.2) is 35.3 Å². The van der Waals surface area contributed by atoms with E-state index in [1.165, 1.54) is 29.0 Å². The zero-order valence-electron chi connectivity index (χ0n) is 15.1. The van der Waals surface area contributed by atoms with E-state index in [1.54, 1.807) is 17.7 Å². The average molecular weight is 369 g/mol. The molecule has 0 fully saturated rings. The van der Waals surface area contributed by atoms with E-state index in [-0.39, 0.29) is 18.0 Å². The molecule has 1 aromatic heterocycles. The van der Waals surface area contributed by atoms with Gasteiger partial charge in [0.15, 0.2) is 4.80 Å². The largest absolute Gasteiger partial charge is 0.319 e. The number of aromatic nitrogens is 1. The molecule has 0 aliphatic carbocycles. The SMILES string of the molecule is Cc1cc(C)c(CC(=O)N=c2sc3cc([N+](=O)[O-])ccc3n2C)c(C)c1. The molecule has 3 aromatic rings. The fourth-order valence-electron chi connectivity index (χ4n) is 3.13. The Morgan fingerprint density at radius 2 is 1.85 bits per heavy atom. The Labute approximate surface area is 154 Å². The van der Waals surface area contributed by atoms with Crippen molar-refractivity contribution in [1.82, 2.24) is 4.57 Å². The monoisotopic (exact) mass is 369 g/mol. The van der Waals surface area contributed by atoms with E-state index in [0.29, 0.717) is 4.80 Å². The summed E-state index contributed by atoms with van der Waals surface area (Å²) in [5.41, 5.74) is 5.19. The standard InChI is InChI=1S/C19H19N3O3S/c1-11-7-12(2)15(13(3)8-11)10-18(23)20-19-21(4)16-6-5-14(22(24)25)9-17(16)26-19/h5-9H,10H2,1-4H3. The predicted molar refractivity (Wildman–Crippen MR) is 102 cm³/mol. The van der Waals surface area contributed by atoms with E-state index >= 15 is 0 Å². The first-order valence-electron chi connectivity index (χ1n) is 8.14. The number of rotatable bonds is 3. The highest BCUT2D eigenvalue weighted by molar-refractivity contribution is 7.16. The van der Waals surface area contributed by atoms with E-state index in [2.05, 4.69) is 17.1 Å². The number of nitro benzene ring substituents is 1. The Hall–Kier alpha value is -2.80. The number of aryl methyl sites for hydroxylation is 4. The van der Waals surface area contributed by atoms with E-state index in [0.717, 1.165) is 26.9 Å². The van der Waals surface area contributed by atoms with Gasteiger partial charge in [-0.2, -0.15) is 4.99 Å². The molecule has 0 aliphatic heterocycles. The van der Waals surface area contributed by atoms with Crippen LogP contribution < -0.4 is 4.80 Å². The lowest BCUT2D eigenvalue weighted by molar-refractivity contribution is -0.384. The van der Waals surface area contributed by atoms with Gasteiger partial charge in [0.2, 0.25) is 0 Å². The summed E-state index contributed by atoms with van der Waals surface area (Å²) >= 11 is 1.28. The maximum absolute atomic E-state index is 12.5. The number of fused-ring (bicyclic) bond motifs is 1. The van der Waals surface area contributed by atoms with Crippen molar-refractivity contribution in [2.24, 2.45) is 12.0 Å². The Bertz CT molecular complexity index is 1090. The van der Waals surface area contributed by atoms with Crippen LogP contribution in [-0.2, 0) is 18.3 Å². The molecule has 0 aliphatic rings. The van der Waals surface area contributed by atoms with Gasteiger partial charge in [-0.15, -0.1) is 0 Å². The molecule has 1 amide bonds. The summed E-state index contributed by atoms with van der Waals surface area (Å²) in [6.07, 6.45) is 0.242. The number of carbonyl (C=O) groups is 1. The highest BCUT2D eigenvalue weighted by atomic mass is 32.1. The van der Waals surface area contributed by atoms with E-state index in [9.17, 15) is 14.9 Å². The molecule has 0 N–H and O–H groups in total. The summed E-state index contributed by atoms with van der Waals surface area (Å²) in [5.74, 6) is -0.225. The summed E-state index contributed by atoms with van der Waals surface area (Å²) in [6, 6.07) is 8.78. The average Bonchev–Trinajstić information content (AvgIpc) is 2.86. The summed E-state index contributed by atoms with van der Waals surface area (Å²) in [5, 5.41) is 10.9. The quantitative estimate of drug-likeness (QED) is 0.521. The van der Waals surface area contributed by atoms with Gasteiger partial charge < -0.3 is 4.57 Å². The number of carbonyl (C=O) groups excluding carboxylic acids is 1. The molecule has 3 rings (SSSR count). The smallest absolute Gasteiger partial charge is 0.270 e. The summed E-state index contributed by atoms with van der Waals surface area (Å²) in [6.45, 7) is 6.04. The topological polar surface area (TPSA) is 77.5 Å². The number of non-ortho nitro benzene ring substituents is 1. The second-order valence-corrected chi connectivity index (χ2v) is 7.42. The van der Waals surface area contributed by atoms with E-state index in [4.69, 9.17) is 0 Å². The van der Waals surface area contributed by atoms with Crippen molar-refractivity contribution in [2.45, 2.75) is 27.2 Å². The lowest BCUT2D eigenvalue weighted by Gasteiger charge is -2.09. The number of nitrogens with zero attached hydrogens (tertiary/aromatic N) is 3. The van der Waals surface area contributed by atoms with Gasteiger partial charge in [0.1, 0.15) is 0 Å². The molecule has 0 unspecified atom stereocenters. The Kier molecular flexibility index (Phi) is 4.73. The first-order chi connectivity index (χ1) is 12.3. The number of hydrogen-bond donors (Lipinski definition) is 0. The van der Waals surface area contributed by atoms with Crippen molar-refractivity contribution in [3.05, 3.63) is 67.5 Å². The normalized spacial score (nSPS) is 11.9. The molecule has 2 aromatic carbocycles. The van der Waals surface area contributed by atoms with Gasteiger partial charge in [-0.1, -0.05) is 29.0 Å². The molecule has 0 spiro atoms. The van der Waals surface area contributed by atoms with Crippen LogP contribution in [0.5, 0.6) is 0 Å². The summed E-state index contributed by atoms with van der Waals surface area (Å²) in [7, 11) is 1.80. The maximum Gasteiger partial charge on any atom is 0.270 e. The lowest BCUT2D eigenvalue weighted by atomic mass is 9.97. The lowest BCUT2D eigenvalue weighted by Crippen LogP contribution is -2.14. The molecule has 26 heavy (non-hydrogen) atoms. The first kappa shape index (κ1) is 18.0. The number of nitro groups is 1. The van der Waals surface area contributed by atoms with Crippen molar-refractivity contribution in [3.8, 4) is 0 Å². The van der Waals surface area contributed by atoms with E-state index < -0.39 is 4.92 Å². The fraction of sp³-hybridized carbons (Fsp3) is 0.263. The number of amides is 1. The minimum absolute atomic E-state index is 0.0307. The zero-order chi connectivity index (χ0) is 19.0. The Morgan fingerprint density at radius 1 is 1.19 bits per heavy atom. The van der Waals surface area contributed by atoms with Gasteiger partial charge in [0.05, 0.1) is 21.6 Å². The van der Waals surface area contributed by atoms with Gasteiger partial charge in [0.25, 0.3) is 11.6 Å². The minimum atomic E-state index is -0.427. The van der Waals surface area contributed by atoms with Crippen molar-refractivity contribution >= 4 is 33.1 Å². The fourth-order valence-corrected chi connectivity index (χ4v) is 4.20. The third-order valence-corrected chi connectivity index (χ3v) is 5.49. The summed E-state index contributed by atoms with van der Waals surface area (Å²) < 4.78 is 2.52. The van der Waals surface area contributed by atoms with Crippen LogP contribution in [0.3, 0.4) is 0 Å². The Balaban J connectivity index is 1.98. The van der Waals surface area contributed by atoms with Gasteiger partial charge >= 0.3 is 0 Å². The molecular weight excluding hydrogens is 350 g/mol. The minimum Gasteiger partial charge on any atom is -0.319 e. The van der Waals surface area contributed by atoms with Crippen LogP contribution in [0.25, 0.3) is 10.2 Å². The van der Waals surface area contributed by atoms with Gasteiger partial charge in [-0.25, -0.2) is 0 Å². The van der Waals surface area contributed by atoms with Crippen LogP contribution in [0.4, 0.5) is 5.69 Å². The summed E-state index contributed by atoms with van der Waals surface area (Å²) in [4.78, 5) is 27.8. The van der Waals surface area contributed by atoms with Crippen LogP contribution in [0.1, 0.15) is 22.3 Å². The second-order valence-electron chi connectivity index (χ2n) is 6.41. The van der Waals surface area contributed by atoms with Crippen LogP contribution >= 0.6 is 11.3 Å². The zero-order valence-corrected chi connectivity index (χ0v) is 15.9. The predicted octanol–water partition coefficient (Wildman–Crippen LogP) is 3.74. The van der Waals surface area contributed by atoms with Crippen molar-refractivity contribution in [1.29, 1.82) is 0 Å². The highest BCUT2D eigenvalue weighted by Gasteiger charge is 2.12. The first-order valence-corrected chi connectivity index (χ1v) is 8.96. The molecule has 1 heterocycles. The second kappa shape index (κ2) is 6.84. The molecule has 0 bridgehead atoms. The van der Waals surface area contributed by atoms with Gasteiger partial charge in [0, 0.05) is 19.2 Å². The Morgan fingerprint density at radius 3 is 2.46 bits per heavy atom. The van der Waals surface area contributed by atoms with Gasteiger partial charge in [-0.05, 0) is 43.5 Å². The van der Waals surface area contributed by atoms with Crippen molar-refractivity contribution in [3.63, 3.8) is 0 Å². The molecule has 7 heteroatoms. The molecule has 0 saturated carbocycles. The molecule has 0 radical (unpaired) electrons. The van der Waals surface area contributed by atoms with Crippen LogP contribution in [0.2, 0.25) is 0 Å². The maximum atomic E-state index is 12.5. The van der Waals surface area contributed by atoms with Crippen molar-refractivity contribution < 1.29 is 9.72 Å². The number of hydrogen-bond acceptors (Lipinski definition) is 4. The van der Waals surface area contributed by atoms with Crippen LogP contribution in [-0.4, -0.2) is 15.4 Å². The van der Waals surface area contributed by atoms with E-state index in [1.807, 2.05) is 20.8 Å². The van der Waals surface area contributed by atoms with Crippen molar-refractivity contribution in [2.75, 3.05) is 0 Å². The highest BCUT2D eigenvalue weighted by Crippen LogP contribution is 2.22. The molecular formula is C19H19N3O3S.